The molecule has 0 amide bonds. The lowest BCUT2D eigenvalue weighted by Crippen LogP contribution is -2.39. The van der Waals surface area contributed by atoms with Crippen molar-refractivity contribution in [2.75, 3.05) is 13.6 Å². The summed E-state index contributed by atoms with van der Waals surface area (Å²) in [6.45, 7) is 1.88. The largest absolute Gasteiger partial charge is 0.329 e. The Labute approximate surface area is 105 Å². The van der Waals surface area contributed by atoms with Gasteiger partial charge in [0.15, 0.2) is 0 Å². The third kappa shape index (κ3) is 2.84. The number of nitrogens with two attached hydrogens (primary N) is 1. The third-order valence-electron chi connectivity index (χ3n) is 2.69. The van der Waals surface area contributed by atoms with Crippen molar-refractivity contribution in [3.8, 4) is 0 Å². The van der Waals surface area contributed by atoms with Gasteiger partial charge in [-0.05, 0) is 19.1 Å². The van der Waals surface area contributed by atoms with Gasteiger partial charge in [-0.25, -0.2) is 8.42 Å². The van der Waals surface area contributed by atoms with Crippen molar-refractivity contribution in [3.63, 3.8) is 0 Å². The Hall–Kier alpha value is -1.51. The molecule has 0 aliphatic rings. The molecule has 7 nitrogen and oxygen atoms in total. The normalized spacial score (nSPS) is 13.6. The summed E-state index contributed by atoms with van der Waals surface area (Å²) in [5.74, 6) is 0. The summed E-state index contributed by atoms with van der Waals surface area (Å²) in [4.78, 5) is 9.91. The number of likely N-dealkylation sites (N-methyl/N-ethyl adjacent to an activating group) is 1. The molecule has 100 valence electrons. The van der Waals surface area contributed by atoms with Gasteiger partial charge in [-0.1, -0.05) is 0 Å². The molecule has 2 N–H and O–H groups in total. The molecule has 1 unspecified atom stereocenters. The fourth-order valence-corrected chi connectivity index (χ4v) is 2.66. The summed E-state index contributed by atoms with van der Waals surface area (Å²) < 4.78 is 25.4. The van der Waals surface area contributed by atoms with Gasteiger partial charge < -0.3 is 5.73 Å². The van der Waals surface area contributed by atoms with Crippen molar-refractivity contribution in [1.29, 1.82) is 0 Å². The van der Waals surface area contributed by atoms with E-state index in [1.54, 1.807) is 6.92 Å². The van der Waals surface area contributed by atoms with Crippen molar-refractivity contribution in [2.24, 2.45) is 5.73 Å². The van der Waals surface area contributed by atoms with E-state index < -0.39 is 14.9 Å². The van der Waals surface area contributed by atoms with Crippen molar-refractivity contribution < 1.29 is 13.3 Å². The zero-order valence-corrected chi connectivity index (χ0v) is 10.9. The van der Waals surface area contributed by atoms with E-state index in [9.17, 15) is 18.5 Å². The minimum Gasteiger partial charge on any atom is -0.329 e. The molecule has 0 aromatic heterocycles. The SMILES string of the molecule is CC(CN)N(C)S(=O)(=O)c1ccc([N+](=O)[O-])cc1. The quantitative estimate of drug-likeness (QED) is 0.623. The monoisotopic (exact) mass is 273 g/mol. The molecule has 1 aromatic rings. The second kappa shape index (κ2) is 5.42. The molecule has 0 aliphatic heterocycles. The number of nitro benzene ring substituents is 1. The summed E-state index contributed by atoms with van der Waals surface area (Å²) in [5, 5.41) is 10.5. The molecule has 0 spiro atoms. The Morgan fingerprint density at radius 3 is 2.28 bits per heavy atom. The van der Waals surface area contributed by atoms with Gasteiger partial charge in [0.2, 0.25) is 10.0 Å². The van der Waals surface area contributed by atoms with Crippen molar-refractivity contribution in [1.82, 2.24) is 4.31 Å². The average molecular weight is 273 g/mol. The van der Waals surface area contributed by atoms with Crippen molar-refractivity contribution >= 4 is 15.7 Å². The predicted octanol–water partition coefficient (Wildman–Crippen LogP) is 0.562. The number of benzene rings is 1. The molecule has 0 bridgehead atoms. The second-order valence-corrected chi connectivity index (χ2v) is 5.85. The zero-order chi connectivity index (χ0) is 13.9. The summed E-state index contributed by atoms with van der Waals surface area (Å²) in [6, 6.07) is 4.41. The highest BCUT2D eigenvalue weighted by Crippen LogP contribution is 2.19. The molecular weight excluding hydrogens is 258 g/mol. The van der Waals surface area contributed by atoms with E-state index in [4.69, 9.17) is 5.73 Å². The van der Waals surface area contributed by atoms with Crippen LogP contribution in [0, 0.1) is 10.1 Å². The van der Waals surface area contributed by atoms with Gasteiger partial charge in [0.1, 0.15) is 0 Å². The Balaban J connectivity index is 3.09. The van der Waals surface area contributed by atoms with E-state index in [1.807, 2.05) is 0 Å². The molecule has 0 radical (unpaired) electrons. The van der Waals surface area contributed by atoms with E-state index in [2.05, 4.69) is 0 Å². The second-order valence-electron chi connectivity index (χ2n) is 3.86. The maximum Gasteiger partial charge on any atom is 0.269 e. The van der Waals surface area contributed by atoms with Crippen LogP contribution in [0.2, 0.25) is 0 Å². The highest BCUT2D eigenvalue weighted by Gasteiger charge is 2.24. The Morgan fingerprint density at radius 2 is 1.89 bits per heavy atom. The molecule has 0 aliphatic carbocycles. The van der Waals surface area contributed by atoms with Crippen LogP contribution in [0.3, 0.4) is 0 Å². The predicted molar refractivity (Wildman–Crippen MR) is 66.6 cm³/mol. The van der Waals surface area contributed by atoms with Gasteiger partial charge in [0.25, 0.3) is 5.69 Å². The van der Waals surface area contributed by atoms with Crippen LogP contribution >= 0.6 is 0 Å². The van der Waals surface area contributed by atoms with Gasteiger partial charge in [0.05, 0.1) is 9.82 Å². The van der Waals surface area contributed by atoms with Gasteiger partial charge in [-0.15, -0.1) is 0 Å². The summed E-state index contributed by atoms with van der Waals surface area (Å²) in [6.07, 6.45) is 0. The molecule has 0 fully saturated rings. The number of nitro groups is 1. The summed E-state index contributed by atoms with van der Waals surface area (Å²) in [5.41, 5.74) is 5.27. The zero-order valence-electron chi connectivity index (χ0n) is 10.1. The first-order valence-electron chi connectivity index (χ1n) is 5.23. The average Bonchev–Trinajstić information content (AvgIpc) is 2.36. The molecule has 0 saturated heterocycles. The Kier molecular flexibility index (Phi) is 4.38. The maximum atomic E-state index is 12.1. The van der Waals surface area contributed by atoms with Gasteiger partial charge in [-0.3, -0.25) is 10.1 Å². The molecular formula is C10H15N3O4S. The molecule has 1 atom stereocenters. The number of hydrogen-bond donors (Lipinski definition) is 1. The number of sulfonamides is 1. The van der Waals surface area contributed by atoms with E-state index in [0.29, 0.717) is 0 Å². The van der Waals surface area contributed by atoms with Crippen LogP contribution in [-0.4, -0.2) is 37.3 Å². The first kappa shape index (κ1) is 14.6. The van der Waals surface area contributed by atoms with Gasteiger partial charge in [-0.2, -0.15) is 4.31 Å². The molecule has 1 aromatic carbocycles. The standard InChI is InChI=1S/C10H15N3O4S/c1-8(7-11)12(2)18(16,17)10-5-3-9(4-6-10)13(14)15/h3-6,8H,7,11H2,1-2H3. The topological polar surface area (TPSA) is 107 Å². The minimum atomic E-state index is -3.66. The first-order valence-corrected chi connectivity index (χ1v) is 6.67. The van der Waals surface area contributed by atoms with Crippen LogP contribution in [0.4, 0.5) is 5.69 Å². The van der Waals surface area contributed by atoms with Crippen molar-refractivity contribution in [3.05, 3.63) is 34.4 Å². The van der Waals surface area contributed by atoms with Gasteiger partial charge >= 0.3 is 0 Å². The van der Waals surface area contributed by atoms with Crippen LogP contribution < -0.4 is 5.73 Å². The van der Waals surface area contributed by atoms with Crippen LogP contribution in [0.5, 0.6) is 0 Å². The van der Waals surface area contributed by atoms with E-state index in [-0.39, 0.29) is 23.2 Å². The highest BCUT2D eigenvalue weighted by molar-refractivity contribution is 7.89. The number of hydrogen-bond acceptors (Lipinski definition) is 5. The highest BCUT2D eigenvalue weighted by atomic mass is 32.2. The van der Waals surface area contributed by atoms with Crippen LogP contribution in [0.15, 0.2) is 29.2 Å². The lowest BCUT2D eigenvalue weighted by molar-refractivity contribution is -0.384. The van der Waals surface area contributed by atoms with Gasteiger partial charge in [0, 0.05) is 31.8 Å². The van der Waals surface area contributed by atoms with Crippen LogP contribution in [0.25, 0.3) is 0 Å². The molecule has 18 heavy (non-hydrogen) atoms. The fourth-order valence-electron chi connectivity index (χ4n) is 1.29. The minimum absolute atomic E-state index is 0.0101. The number of nitrogens with zero attached hydrogens (tertiary/aromatic N) is 2. The van der Waals surface area contributed by atoms with Crippen LogP contribution in [0.1, 0.15) is 6.92 Å². The molecule has 0 heterocycles. The smallest absolute Gasteiger partial charge is 0.269 e. The Bertz CT molecular complexity index is 527. The first-order chi connectivity index (χ1) is 8.30. The molecule has 1 rings (SSSR count). The fraction of sp³-hybridized carbons (Fsp3) is 0.400. The summed E-state index contributed by atoms with van der Waals surface area (Å²) >= 11 is 0. The number of rotatable bonds is 5. The maximum absolute atomic E-state index is 12.1. The molecule has 8 heteroatoms. The Morgan fingerprint density at radius 1 is 1.39 bits per heavy atom. The van der Waals surface area contributed by atoms with E-state index >= 15 is 0 Å². The number of non-ortho nitro benzene ring substituents is 1. The summed E-state index contributed by atoms with van der Waals surface area (Å²) in [7, 11) is -2.24. The van der Waals surface area contributed by atoms with Crippen LogP contribution in [-0.2, 0) is 10.0 Å². The third-order valence-corrected chi connectivity index (χ3v) is 4.67. The molecule has 0 saturated carbocycles. The lowest BCUT2D eigenvalue weighted by Gasteiger charge is -2.22. The lowest BCUT2D eigenvalue weighted by atomic mass is 10.3. The van der Waals surface area contributed by atoms with E-state index in [1.165, 1.54) is 19.2 Å². The van der Waals surface area contributed by atoms with E-state index in [0.717, 1.165) is 16.4 Å². The van der Waals surface area contributed by atoms with Crippen molar-refractivity contribution in [2.45, 2.75) is 17.9 Å².